The number of aryl methyl sites for hydroxylation is 1. The molecule has 0 N–H and O–H groups in total. The number of rotatable bonds is 4. The van der Waals surface area contributed by atoms with E-state index < -0.39 is 5.41 Å². The lowest BCUT2D eigenvalue weighted by Gasteiger charge is -2.34. The van der Waals surface area contributed by atoms with Gasteiger partial charge >= 0.3 is 0 Å². The van der Waals surface area contributed by atoms with E-state index in [0.717, 1.165) is 41.1 Å². The SMILES string of the molecule is CCOC1=C(C)C(=O)C(C)(c2ccc(C)c(OC)c2)CC1. The van der Waals surface area contributed by atoms with Gasteiger partial charge in [0.15, 0.2) is 5.78 Å². The summed E-state index contributed by atoms with van der Waals surface area (Å²) < 4.78 is 11.0. The van der Waals surface area contributed by atoms with E-state index in [1.165, 1.54) is 0 Å². The molecule has 0 fully saturated rings. The van der Waals surface area contributed by atoms with Crippen molar-refractivity contribution in [1.29, 1.82) is 0 Å². The molecule has 1 unspecified atom stereocenters. The van der Waals surface area contributed by atoms with Crippen molar-refractivity contribution in [2.45, 2.75) is 46.0 Å². The average Bonchev–Trinajstić information content (AvgIpc) is 2.48. The lowest BCUT2D eigenvalue weighted by atomic mass is 9.69. The first kappa shape index (κ1) is 15.6. The van der Waals surface area contributed by atoms with Crippen LogP contribution in [0.4, 0.5) is 0 Å². The number of ether oxygens (including phenoxy) is 2. The molecular formula is C18H24O3. The standard InChI is InChI=1S/C18H24O3/c1-6-21-15-9-10-18(4,17(19)13(15)3)14-8-7-12(2)16(11-14)20-5/h7-8,11H,6,9-10H2,1-5H3. The van der Waals surface area contributed by atoms with Crippen LogP contribution in [0.1, 0.15) is 44.7 Å². The van der Waals surface area contributed by atoms with Gasteiger partial charge in [0.1, 0.15) is 11.5 Å². The maximum absolute atomic E-state index is 12.8. The highest BCUT2D eigenvalue weighted by molar-refractivity contribution is 6.04. The van der Waals surface area contributed by atoms with Crippen LogP contribution in [0.2, 0.25) is 0 Å². The Kier molecular flexibility index (Phi) is 4.40. The van der Waals surface area contributed by atoms with Crippen LogP contribution in [0.5, 0.6) is 5.75 Å². The molecule has 3 heteroatoms. The van der Waals surface area contributed by atoms with E-state index in [-0.39, 0.29) is 5.78 Å². The summed E-state index contributed by atoms with van der Waals surface area (Å²) in [5.74, 6) is 1.83. The summed E-state index contributed by atoms with van der Waals surface area (Å²) in [5.41, 5.74) is 2.36. The zero-order valence-electron chi connectivity index (χ0n) is 13.6. The fraction of sp³-hybridized carbons (Fsp3) is 0.500. The summed E-state index contributed by atoms with van der Waals surface area (Å²) in [7, 11) is 1.66. The van der Waals surface area contributed by atoms with Gasteiger partial charge < -0.3 is 9.47 Å². The Morgan fingerprint density at radius 1 is 1.29 bits per heavy atom. The number of carbonyl (C=O) groups is 1. The van der Waals surface area contributed by atoms with E-state index in [4.69, 9.17) is 9.47 Å². The van der Waals surface area contributed by atoms with Gasteiger partial charge in [-0.2, -0.15) is 0 Å². The zero-order valence-corrected chi connectivity index (χ0v) is 13.6. The smallest absolute Gasteiger partial charge is 0.172 e. The van der Waals surface area contributed by atoms with Crippen LogP contribution >= 0.6 is 0 Å². The molecule has 0 amide bonds. The minimum absolute atomic E-state index is 0.156. The van der Waals surface area contributed by atoms with E-state index in [9.17, 15) is 4.79 Å². The molecule has 0 heterocycles. The second kappa shape index (κ2) is 5.92. The van der Waals surface area contributed by atoms with Gasteiger partial charge in [-0.1, -0.05) is 12.1 Å². The molecule has 1 aliphatic carbocycles. The average molecular weight is 288 g/mol. The third kappa shape index (κ3) is 2.69. The van der Waals surface area contributed by atoms with Gasteiger partial charge in [0.25, 0.3) is 0 Å². The van der Waals surface area contributed by atoms with E-state index in [1.807, 2.05) is 45.9 Å². The first-order valence-corrected chi connectivity index (χ1v) is 7.46. The highest BCUT2D eigenvalue weighted by Gasteiger charge is 2.40. The molecule has 0 aliphatic heterocycles. The van der Waals surface area contributed by atoms with E-state index in [0.29, 0.717) is 6.61 Å². The molecule has 0 saturated carbocycles. The number of hydrogen-bond acceptors (Lipinski definition) is 3. The number of benzene rings is 1. The summed E-state index contributed by atoms with van der Waals surface area (Å²) in [6.45, 7) is 8.45. The molecular weight excluding hydrogens is 264 g/mol. The largest absolute Gasteiger partial charge is 0.498 e. The van der Waals surface area contributed by atoms with Gasteiger partial charge in [-0.15, -0.1) is 0 Å². The highest BCUT2D eigenvalue weighted by Crippen LogP contribution is 2.40. The van der Waals surface area contributed by atoms with Crippen LogP contribution in [0.15, 0.2) is 29.5 Å². The summed E-state index contributed by atoms with van der Waals surface area (Å²) in [6, 6.07) is 6.05. The Morgan fingerprint density at radius 2 is 2.00 bits per heavy atom. The molecule has 0 radical (unpaired) electrons. The van der Waals surface area contributed by atoms with Crippen molar-refractivity contribution in [3.8, 4) is 5.75 Å². The van der Waals surface area contributed by atoms with Gasteiger partial charge in [-0.3, -0.25) is 4.79 Å². The molecule has 1 aromatic rings. The number of allylic oxidation sites excluding steroid dienone is 2. The van der Waals surface area contributed by atoms with Crippen LogP contribution in [-0.2, 0) is 14.9 Å². The fourth-order valence-corrected chi connectivity index (χ4v) is 3.00. The molecule has 0 bridgehead atoms. The molecule has 1 aromatic carbocycles. The highest BCUT2D eigenvalue weighted by atomic mass is 16.5. The lowest BCUT2D eigenvalue weighted by molar-refractivity contribution is -0.121. The molecule has 0 spiro atoms. The number of ketones is 1. The van der Waals surface area contributed by atoms with Crippen molar-refractivity contribution < 1.29 is 14.3 Å². The second-order valence-corrected chi connectivity index (χ2v) is 5.83. The molecule has 0 saturated heterocycles. The Morgan fingerprint density at radius 3 is 2.62 bits per heavy atom. The Balaban J connectivity index is 2.42. The summed E-state index contributed by atoms with van der Waals surface area (Å²) in [5, 5.41) is 0. The third-order valence-electron chi connectivity index (χ3n) is 4.48. The van der Waals surface area contributed by atoms with Crippen molar-refractivity contribution in [3.05, 3.63) is 40.7 Å². The third-order valence-corrected chi connectivity index (χ3v) is 4.48. The van der Waals surface area contributed by atoms with Gasteiger partial charge in [0.2, 0.25) is 0 Å². The van der Waals surface area contributed by atoms with Crippen LogP contribution in [-0.4, -0.2) is 19.5 Å². The lowest BCUT2D eigenvalue weighted by Crippen LogP contribution is -2.37. The zero-order chi connectivity index (χ0) is 15.6. The summed E-state index contributed by atoms with van der Waals surface area (Å²) >= 11 is 0. The molecule has 114 valence electrons. The molecule has 1 aliphatic rings. The van der Waals surface area contributed by atoms with E-state index in [1.54, 1.807) is 7.11 Å². The molecule has 2 rings (SSSR count). The van der Waals surface area contributed by atoms with Gasteiger partial charge in [-0.05, 0) is 51.3 Å². The summed E-state index contributed by atoms with van der Waals surface area (Å²) in [4.78, 5) is 12.8. The first-order chi connectivity index (χ1) is 9.93. The number of hydrogen-bond donors (Lipinski definition) is 0. The molecule has 1 atom stereocenters. The van der Waals surface area contributed by atoms with Crippen LogP contribution in [0.3, 0.4) is 0 Å². The fourth-order valence-electron chi connectivity index (χ4n) is 3.00. The van der Waals surface area contributed by atoms with E-state index >= 15 is 0 Å². The monoisotopic (exact) mass is 288 g/mol. The Bertz CT molecular complexity index is 586. The minimum Gasteiger partial charge on any atom is -0.498 e. The van der Waals surface area contributed by atoms with Gasteiger partial charge in [-0.25, -0.2) is 0 Å². The molecule has 0 aromatic heterocycles. The first-order valence-electron chi connectivity index (χ1n) is 7.46. The van der Waals surface area contributed by atoms with Crippen molar-refractivity contribution in [3.63, 3.8) is 0 Å². The van der Waals surface area contributed by atoms with Crippen LogP contribution in [0, 0.1) is 6.92 Å². The topological polar surface area (TPSA) is 35.5 Å². The summed E-state index contributed by atoms with van der Waals surface area (Å²) in [6.07, 6.45) is 1.57. The number of Topliss-reactive ketones (excluding diaryl/α,β-unsaturated/α-hetero) is 1. The number of carbonyl (C=O) groups excluding carboxylic acids is 1. The normalized spacial score (nSPS) is 22.4. The number of methoxy groups -OCH3 is 1. The van der Waals surface area contributed by atoms with Gasteiger partial charge in [0, 0.05) is 12.0 Å². The second-order valence-electron chi connectivity index (χ2n) is 5.83. The Hall–Kier alpha value is -1.77. The van der Waals surface area contributed by atoms with Crippen LogP contribution in [0.25, 0.3) is 0 Å². The maximum atomic E-state index is 12.8. The van der Waals surface area contributed by atoms with Crippen molar-refractivity contribution in [2.75, 3.05) is 13.7 Å². The van der Waals surface area contributed by atoms with Gasteiger partial charge in [0.05, 0.1) is 19.1 Å². The minimum atomic E-state index is -0.494. The van der Waals surface area contributed by atoms with Crippen LogP contribution < -0.4 is 4.74 Å². The maximum Gasteiger partial charge on any atom is 0.172 e. The molecule has 3 nitrogen and oxygen atoms in total. The van der Waals surface area contributed by atoms with E-state index in [2.05, 4.69) is 0 Å². The van der Waals surface area contributed by atoms with Crippen molar-refractivity contribution >= 4 is 5.78 Å². The van der Waals surface area contributed by atoms with Crippen molar-refractivity contribution in [1.82, 2.24) is 0 Å². The Labute approximate surface area is 127 Å². The molecule has 21 heavy (non-hydrogen) atoms. The predicted molar refractivity (Wildman–Crippen MR) is 83.7 cm³/mol. The predicted octanol–water partition coefficient (Wildman–Crippen LogP) is 3.93. The van der Waals surface area contributed by atoms with Crippen molar-refractivity contribution in [2.24, 2.45) is 0 Å². The quantitative estimate of drug-likeness (QED) is 0.842.